The fourth-order valence-corrected chi connectivity index (χ4v) is 2.23. The molecule has 0 bridgehead atoms. The van der Waals surface area contributed by atoms with Crippen molar-refractivity contribution in [2.75, 3.05) is 5.33 Å². The summed E-state index contributed by atoms with van der Waals surface area (Å²) in [4.78, 5) is 16.0. The molecule has 3 nitrogen and oxygen atoms in total. The number of rotatable bonds is 4. The van der Waals surface area contributed by atoms with Crippen molar-refractivity contribution in [1.82, 2.24) is 10.3 Å². The first-order chi connectivity index (χ1) is 7.54. The van der Waals surface area contributed by atoms with Gasteiger partial charge in [0.05, 0.1) is 0 Å². The number of aromatic nitrogens is 1. The van der Waals surface area contributed by atoms with Crippen molar-refractivity contribution >= 4 is 21.8 Å². The number of pyridine rings is 1. The molecule has 1 aromatic rings. The van der Waals surface area contributed by atoms with Gasteiger partial charge in [-0.05, 0) is 25.0 Å². The second-order valence-corrected chi connectivity index (χ2v) is 4.81. The summed E-state index contributed by atoms with van der Waals surface area (Å²) in [6, 6.07) is 3.68. The lowest BCUT2D eigenvalue weighted by Gasteiger charge is -2.19. The van der Waals surface area contributed by atoms with Crippen LogP contribution in [0.4, 0.5) is 0 Å². The van der Waals surface area contributed by atoms with Crippen LogP contribution in [-0.2, 0) is 0 Å². The van der Waals surface area contributed by atoms with Crippen molar-refractivity contribution in [1.29, 1.82) is 0 Å². The average molecular weight is 285 g/mol. The van der Waals surface area contributed by atoms with Gasteiger partial charge < -0.3 is 5.32 Å². The highest BCUT2D eigenvalue weighted by Crippen LogP contribution is 2.07. The zero-order valence-corrected chi connectivity index (χ0v) is 11.4. The molecule has 1 aromatic heterocycles. The van der Waals surface area contributed by atoms with Crippen LogP contribution >= 0.6 is 15.9 Å². The minimum atomic E-state index is -0.0383. The number of amides is 1. The quantitative estimate of drug-likeness (QED) is 0.864. The number of nitrogens with zero attached hydrogens (tertiary/aromatic N) is 1. The maximum Gasteiger partial charge on any atom is 0.251 e. The second kappa shape index (κ2) is 5.99. The normalized spacial score (nSPS) is 12.6. The SMILES string of the molecule is Cc1cc(C(=O)NC(CBr)C(C)C)ccn1. The van der Waals surface area contributed by atoms with Gasteiger partial charge >= 0.3 is 0 Å². The summed E-state index contributed by atoms with van der Waals surface area (Å²) in [5.74, 6) is 0.370. The Morgan fingerprint density at radius 3 is 2.75 bits per heavy atom. The van der Waals surface area contributed by atoms with E-state index in [1.54, 1.807) is 18.3 Å². The standard InChI is InChI=1S/C12H17BrN2O/c1-8(2)11(7-13)15-12(16)10-4-5-14-9(3)6-10/h4-6,8,11H,7H2,1-3H3,(H,15,16). The van der Waals surface area contributed by atoms with E-state index in [1.165, 1.54) is 0 Å². The van der Waals surface area contributed by atoms with Gasteiger partial charge in [0.2, 0.25) is 0 Å². The Hall–Kier alpha value is -0.900. The number of hydrogen-bond acceptors (Lipinski definition) is 2. The molecule has 4 heteroatoms. The average Bonchev–Trinajstić information content (AvgIpc) is 2.25. The molecule has 1 atom stereocenters. The molecule has 0 aromatic carbocycles. The Morgan fingerprint density at radius 1 is 1.56 bits per heavy atom. The Bertz CT molecular complexity index is 366. The van der Waals surface area contributed by atoms with E-state index in [0.29, 0.717) is 11.5 Å². The molecule has 0 aliphatic rings. The van der Waals surface area contributed by atoms with Crippen molar-refractivity contribution in [2.45, 2.75) is 26.8 Å². The number of hydrogen-bond donors (Lipinski definition) is 1. The fraction of sp³-hybridized carbons (Fsp3) is 0.500. The predicted octanol–water partition coefficient (Wildman–Crippen LogP) is 2.54. The largest absolute Gasteiger partial charge is 0.348 e. The van der Waals surface area contributed by atoms with Crippen molar-refractivity contribution in [3.8, 4) is 0 Å². The van der Waals surface area contributed by atoms with Crippen molar-refractivity contribution < 1.29 is 4.79 Å². The van der Waals surface area contributed by atoms with Gasteiger partial charge in [0, 0.05) is 28.8 Å². The maximum atomic E-state index is 11.9. The number of halogens is 1. The van der Waals surface area contributed by atoms with E-state index in [1.807, 2.05) is 6.92 Å². The highest BCUT2D eigenvalue weighted by atomic mass is 79.9. The molecule has 0 saturated carbocycles. The summed E-state index contributed by atoms with van der Waals surface area (Å²) in [7, 11) is 0. The molecule has 0 aliphatic carbocycles. The van der Waals surface area contributed by atoms with Gasteiger partial charge in [-0.3, -0.25) is 9.78 Å². The van der Waals surface area contributed by atoms with Gasteiger partial charge in [-0.25, -0.2) is 0 Å². The summed E-state index contributed by atoms with van der Waals surface area (Å²) >= 11 is 3.40. The molecule has 88 valence electrons. The van der Waals surface area contributed by atoms with Gasteiger partial charge in [0.1, 0.15) is 0 Å². The van der Waals surface area contributed by atoms with E-state index in [4.69, 9.17) is 0 Å². The molecule has 0 aliphatic heterocycles. The minimum Gasteiger partial charge on any atom is -0.348 e. The molecular formula is C12H17BrN2O. The first kappa shape index (κ1) is 13.2. The predicted molar refractivity (Wildman–Crippen MR) is 68.9 cm³/mol. The van der Waals surface area contributed by atoms with Crippen LogP contribution in [0.5, 0.6) is 0 Å². The van der Waals surface area contributed by atoms with Crippen LogP contribution in [-0.4, -0.2) is 22.3 Å². The minimum absolute atomic E-state index is 0.0383. The number of carbonyl (C=O) groups excluding carboxylic acids is 1. The number of alkyl halides is 1. The second-order valence-electron chi connectivity index (χ2n) is 4.16. The van der Waals surface area contributed by atoms with E-state index >= 15 is 0 Å². The summed E-state index contributed by atoms with van der Waals surface area (Å²) in [5.41, 5.74) is 1.52. The smallest absolute Gasteiger partial charge is 0.251 e. The first-order valence-electron chi connectivity index (χ1n) is 5.34. The molecule has 1 N–H and O–H groups in total. The van der Waals surface area contributed by atoms with Gasteiger partial charge in [-0.2, -0.15) is 0 Å². The van der Waals surface area contributed by atoms with E-state index < -0.39 is 0 Å². The Labute approximate surface area is 105 Å². The highest BCUT2D eigenvalue weighted by molar-refractivity contribution is 9.09. The van der Waals surface area contributed by atoms with E-state index in [-0.39, 0.29) is 11.9 Å². The van der Waals surface area contributed by atoms with Crippen LogP contribution in [0.2, 0.25) is 0 Å². The molecule has 0 radical (unpaired) electrons. The Balaban J connectivity index is 2.72. The van der Waals surface area contributed by atoms with Gasteiger partial charge in [-0.15, -0.1) is 0 Å². The molecule has 0 saturated heterocycles. The number of nitrogens with one attached hydrogen (secondary N) is 1. The van der Waals surface area contributed by atoms with Crippen LogP contribution in [0.3, 0.4) is 0 Å². The monoisotopic (exact) mass is 284 g/mol. The molecular weight excluding hydrogens is 268 g/mol. The first-order valence-corrected chi connectivity index (χ1v) is 6.46. The third-order valence-corrected chi connectivity index (χ3v) is 3.14. The van der Waals surface area contributed by atoms with Crippen LogP contribution in [0.25, 0.3) is 0 Å². The van der Waals surface area contributed by atoms with Crippen LogP contribution < -0.4 is 5.32 Å². The summed E-state index contributed by atoms with van der Waals surface area (Å²) in [5, 5.41) is 3.76. The molecule has 1 unspecified atom stereocenters. The Kier molecular flexibility index (Phi) is 4.93. The zero-order valence-electron chi connectivity index (χ0n) is 9.83. The van der Waals surface area contributed by atoms with Gasteiger partial charge in [-0.1, -0.05) is 29.8 Å². The Morgan fingerprint density at radius 2 is 2.25 bits per heavy atom. The van der Waals surface area contributed by atoms with Crippen LogP contribution in [0.1, 0.15) is 29.9 Å². The van der Waals surface area contributed by atoms with Crippen molar-refractivity contribution in [3.05, 3.63) is 29.6 Å². The summed E-state index contributed by atoms with van der Waals surface area (Å²) in [6.07, 6.45) is 1.66. The third-order valence-electron chi connectivity index (χ3n) is 2.45. The highest BCUT2D eigenvalue weighted by Gasteiger charge is 2.15. The van der Waals surface area contributed by atoms with E-state index in [2.05, 4.69) is 40.1 Å². The lowest BCUT2D eigenvalue weighted by Crippen LogP contribution is -2.39. The summed E-state index contributed by atoms with van der Waals surface area (Å²) in [6.45, 7) is 6.05. The van der Waals surface area contributed by atoms with E-state index in [9.17, 15) is 4.79 Å². The molecule has 1 amide bonds. The molecule has 1 heterocycles. The molecule has 0 fully saturated rings. The van der Waals surface area contributed by atoms with Gasteiger partial charge in [0.25, 0.3) is 5.91 Å². The van der Waals surface area contributed by atoms with Crippen LogP contribution in [0.15, 0.2) is 18.3 Å². The maximum absolute atomic E-state index is 11.9. The number of carbonyl (C=O) groups is 1. The van der Waals surface area contributed by atoms with Gasteiger partial charge in [0.15, 0.2) is 0 Å². The fourth-order valence-electron chi connectivity index (χ4n) is 1.32. The van der Waals surface area contributed by atoms with Crippen LogP contribution in [0, 0.1) is 12.8 Å². The lowest BCUT2D eigenvalue weighted by atomic mass is 10.1. The third kappa shape index (κ3) is 3.59. The topological polar surface area (TPSA) is 42.0 Å². The number of aryl methyl sites for hydroxylation is 1. The molecule has 0 spiro atoms. The van der Waals surface area contributed by atoms with Crippen molar-refractivity contribution in [3.63, 3.8) is 0 Å². The van der Waals surface area contributed by atoms with Crippen molar-refractivity contribution in [2.24, 2.45) is 5.92 Å². The summed E-state index contributed by atoms with van der Waals surface area (Å²) < 4.78 is 0. The zero-order chi connectivity index (χ0) is 12.1. The van der Waals surface area contributed by atoms with E-state index in [0.717, 1.165) is 11.0 Å². The lowest BCUT2D eigenvalue weighted by molar-refractivity contribution is 0.0931. The molecule has 16 heavy (non-hydrogen) atoms. The molecule has 1 rings (SSSR count).